The van der Waals surface area contributed by atoms with E-state index in [1.165, 1.54) is 0 Å². The molecule has 0 aliphatic carbocycles. The molecule has 0 radical (unpaired) electrons. The van der Waals surface area contributed by atoms with Gasteiger partial charge in [0.05, 0.1) is 13.7 Å². The lowest BCUT2D eigenvalue weighted by Crippen LogP contribution is -2.47. The highest BCUT2D eigenvalue weighted by Gasteiger charge is 2.45. The van der Waals surface area contributed by atoms with Crippen LogP contribution >= 0.6 is 0 Å². The lowest BCUT2D eigenvalue weighted by Gasteiger charge is -2.42. The summed E-state index contributed by atoms with van der Waals surface area (Å²) in [6, 6.07) is 16.2. The van der Waals surface area contributed by atoms with Crippen LogP contribution < -0.4 is 18.9 Å². The molecule has 188 valence electrons. The standard InChI is InChI=1S/C29H38O5Si/c1-19(2)35(20(3)4,21(5)6)34-17-25-13-23-15-29-28(32-18-33-29)14-22(23)12-24(25)16-31-27-10-8-26(30-7)9-11-27/h8-15,19-21H,16-18H2,1-7H3. The van der Waals surface area contributed by atoms with Gasteiger partial charge in [-0.15, -0.1) is 0 Å². The summed E-state index contributed by atoms with van der Waals surface area (Å²) < 4.78 is 29.7. The Morgan fingerprint density at radius 1 is 0.714 bits per heavy atom. The van der Waals surface area contributed by atoms with Gasteiger partial charge in [0, 0.05) is 0 Å². The Labute approximate surface area is 210 Å². The average Bonchev–Trinajstić information content (AvgIpc) is 3.28. The molecule has 0 atom stereocenters. The van der Waals surface area contributed by atoms with Crippen molar-refractivity contribution >= 4 is 19.1 Å². The maximum absolute atomic E-state index is 6.98. The molecule has 0 unspecified atom stereocenters. The topological polar surface area (TPSA) is 46.2 Å². The van der Waals surface area contributed by atoms with Crippen LogP contribution in [0.15, 0.2) is 48.5 Å². The van der Waals surface area contributed by atoms with Crippen LogP contribution in [0.5, 0.6) is 23.0 Å². The predicted octanol–water partition coefficient (Wildman–Crippen LogP) is 7.85. The van der Waals surface area contributed by atoms with Crippen molar-refractivity contribution in [3.63, 3.8) is 0 Å². The highest BCUT2D eigenvalue weighted by atomic mass is 28.4. The predicted molar refractivity (Wildman–Crippen MR) is 143 cm³/mol. The summed E-state index contributed by atoms with van der Waals surface area (Å²) >= 11 is 0. The molecule has 0 amide bonds. The van der Waals surface area contributed by atoms with Crippen LogP contribution in [0.25, 0.3) is 10.8 Å². The van der Waals surface area contributed by atoms with Crippen LogP contribution in [0.3, 0.4) is 0 Å². The molecular weight excluding hydrogens is 456 g/mol. The molecule has 3 aromatic rings. The Kier molecular flexibility index (Phi) is 7.62. The maximum Gasteiger partial charge on any atom is 0.231 e. The van der Waals surface area contributed by atoms with Crippen LogP contribution in [0.1, 0.15) is 52.7 Å². The highest BCUT2D eigenvalue weighted by molar-refractivity contribution is 6.77. The number of hydrogen-bond donors (Lipinski definition) is 0. The second kappa shape index (κ2) is 10.5. The third-order valence-corrected chi connectivity index (χ3v) is 13.3. The van der Waals surface area contributed by atoms with Gasteiger partial charge in [0.2, 0.25) is 15.1 Å². The van der Waals surface area contributed by atoms with Crippen molar-refractivity contribution in [1.29, 1.82) is 0 Å². The summed E-state index contributed by atoms with van der Waals surface area (Å²) in [4.78, 5) is 0. The van der Waals surface area contributed by atoms with Gasteiger partial charge >= 0.3 is 0 Å². The zero-order valence-electron chi connectivity index (χ0n) is 22.0. The molecule has 5 nitrogen and oxygen atoms in total. The summed E-state index contributed by atoms with van der Waals surface area (Å²) in [5, 5.41) is 2.22. The van der Waals surface area contributed by atoms with Gasteiger partial charge in [-0.05, 0) is 87.1 Å². The molecule has 0 saturated carbocycles. The summed E-state index contributed by atoms with van der Waals surface area (Å²) in [5.74, 6) is 3.19. The lowest BCUT2D eigenvalue weighted by atomic mass is 10.0. The smallest absolute Gasteiger partial charge is 0.231 e. The van der Waals surface area contributed by atoms with Gasteiger partial charge in [-0.25, -0.2) is 0 Å². The van der Waals surface area contributed by atoms with Gasteiger partial charge in [-0.2, -0.15) is 0 Å². The highest BCUT2D eigenvalue weighted by Crippen LogP contribution is 2.43. The molecule has 0 fully saturated rings. The normalized spacial score (nSPS) is 13.3. The monoisotopic (exact) mass is 494 g/mol. The number of methoxy groups -OCH3 is 1. The van der Waals surface area contributed by atoms with Crippen LogP contribution in [-0.2, 0) is 17.6 Å². The fraction of sp³-hybridized carbons (Fsp3) is 0.448. The van der Waals surface area contributed by atoms with Gasteiger partial charge in [0.15, 0.2) is 11.5 Å². The van der Waals surface area contributed by atoms with E-state index < -0.39 is 8.32 Å². The van der Waals surface area contributed by atoms with E-state index in [-0.39, 0.29) is 6.79 Å². The van der Waals surface area contributed by atoms with Gasteiger partial charge in [-0.3, -0.25) is 0 Å². The van der Waals surface area contributed by atoms with Crippen LogP contribution in [0.4, 0.5) is 0 Å². The average molecular weight is 495 g/mol. The van der Waals surface area contributed by atoms with Crippen molar-refractivity contribution in [3.8, 4) is 23.0 Å². The summed E-state index contributed by atoms with van der Waals surface area (Å²) in [7, 11) is -0.350. The van der Waals surface area contributed by atoms with Crippen LogP contribution in [0.2, 0.25) is 16.6 Å². The Balaban J connectivity index is 1.68. The largest absolute Gasteiger partial charge is 0.497 e. The Morgan fingerprint density at radius 2 is 1.20 bits per heavy atom. The quantitative estimate of drug-likeness (QED) is 0.269. The van der Waals surface area contributed by atoms with E-state index in [0.29, 0.717) is 29.8 Å². The number of rotatable bonds is 10. The first-order chi connectivity index (χ1) is 16.7. The van der Waals surface area contributed by atoms with Gasteiger partial charge in [-0.1, -0.05) is 41.5 Å². The zero-order valence-corrected chi connectivity index (χ0v) is 23.0. The molecule has 0 N–H and O–H groups in total. The maximum atomic E-state index is 6.98. The number of benzene rings is 3. The van der Waals surface area contributed by atoms with Gasteiger partial charge in [0.25, 0.3) is 0 Å². The van der Waals surface area contributed by atoms with Crippen LogP contribution in [0, 0.1) is 0 Å². The Morgan fingerprint density at radius 3 is 1.69 bits per heavy atom. The summed E-state index contributed by atoms with van der Waals surface area (Å²) in [5.41, 5.74) is 3.84. The fourth-order valence-electron chi connectivity index (χ4n) is 5.59. The molecule has 0 bridgehead atoms. The molecule has 6 heteroatoms. The molecule has 1 aliphatic rings. The van der Waals surface area contributed by atoms with E-state index in [1.807, 2.05) is 24.3 Å². The van der Waals surface area contributed by atoms with Crippen molar-refractivity contribution in [3.05, 3.63) is 59.7 Å². The van der Waals surface area contributed by atoms with Crippen molar-refractivity contribution in [2.24, 2.45) is 0 Å². The molecule has 0 aromatic heterocycles. The van der Waals surface area contributed by atoms with Crippen molar-refractivity contribution in [1.82, 2.24) is 0 Å². The van der Waals surface area contributed by atoms with Gasteiger partial charge in [0.1, 0.15) is 18.1 Å². The molecular formula is C29H38O5Si. The molecule has 35 heavy (non-hydrogen) atoms. The number of ether oxygens (including phenoxy) is 4. The van der Waals surface area contributed by atoms with E-state index in [9.17, 15) is 0 Å². The van der Waals surface area contributed by atoms with E-state index in [4.69, 9.17) is 23.4 Å². The Hall–Kier alpha value is -2.70. The molecule has 3 aromatic carbocycles. The third-order valence-electron chi connectivity index (χ3n) is 7.29. The first-order valence-electron chi connectivity index (χ1n) is 12.5. The SMILES string of the molecule is COc1ccc(OCc2cc3cc4c(cc3cc2CO[Si](C(C)C)(C(C)C)C(C)C)OCO4)cc1. The second-order valence-electron chi connectivity index (χ2n) is 10.2. The van der Waals surface area contributed by atoms with Crippen molar-refractivity contribution in [2.75, 3.05) is 13.9 Å². The molecule has 4 rings (SSSR count). The number of hydrogen-bond acceptors (Lipinski definition) is 5. The van der Waals surface area contributed by atoms with E-state index >= 15 is 0 Å². The minimum Gasteiger partial charge on any atom is -0.497 e. The van der Waals surface area contributed by atoms with E-state index in [0.717, 1.165) is 44.9 Å². The molecule has 1 aliphatic heterocycles. The minimum atomic E-state index is -2.01. The molecule has 0 spiro atoms. The molecule has 0 saturated heterocycles. The zero-order chi connectivity index (χ0) is 25.2. The number of fused-ring (bicyclic) bond motifs is 2. The second-order valence-corrected chi connectivity index (χ2v) is 15.7. The first kappa shape index (κ1) is 25.4. The fourth-order valence-corrected chi connectivity index (χ4v) is 11.0. The third kappa shape index (κ3) is 5.14. The van der Waals surface area contributed by atoms with E-state index in [2.05, 4.69) is 65.8 Å². The summed E-state index contributed by atoms with van der Waals surface area (Å²) in [6.07, 6.45) is 0. The summed E-state index contributed by atoms with van der Waals surface area (Å²) in [6.45, 7) is 15.2. The Bertz CT molecular complexity index is 1130. The van der Waals surface area contributed by atoms with E-state index in [1.54, 1.807) is 7.11 Å². The molecule has 1 heterocycles. The van der Waals surface area contributed by atoms with Crippen molar-refractivity contribution < 1.29 is 23.4 Å². The van der Waals surface area contributed by atoms with Crippen molar-refractivity contribution in [2.45, 2.75) is 71.4 Å². The first-order valence-corrected chi connectivity index (χ1v) is 14.6. The van der Waals surface area contributed by atoms with Crippen LogP contribution in [-0.4, -0.2) is 22.2 Å². The van der Waals surface area contributed by atoms with Gasteiger partial charge < -0.3 is 23.4 Å². The lowest BCUT2D eigenvalue weighted by molar-refractivity contribution is 0.174. The minimum absolute atomic E-state index is 0.264.